The molecular weight excluding hydrogens is 372 g/mol. The van der Waals surface area contributed by atoms with E-state index in [0.29, 0.717) is 0 Å². The summed E-state index contributed by atoms with van der Waals surface area (Å²) in [5.41, 5.74) is 4.71. The monoisotopic (exact) mass is 411 g/mol. The molecule has 0 aromatic heterocycles. The molecule has 0 amide bonds. The van der Waals surface area contributed by atoms with Gasteiger partial charge in [0.2, 0.25) is 0 Å². The second-order valence-electron chi connectivity index (χ2n) is 6.53. The summed E-state index contributed by atoms with van der Waals surface area (Å²) in [4.78, 5) is 0. The maximum absolute atomic E-state index is 4.71. The van der Waals surface area contributed by atoms with Gasteiger partial charge in [0.25, 0.3) is 0 Å². The van der Waals surface area contributed by atoms with Crippen LogP contribution in [0, 0.1) is 25.7 Å². The Morgan fingerprint density at radius 3 is 1.26 bits per heavy atom. The summed E-state index contributed by atoms with van der Waals surface area (Å²) in [6, 6.07) is 0. The van der Waals surface area contributed by atoms with Crippen LogP contribution in [0.15, 0.2) is 0 Å². The minimum Gasteiger partial charge on any atom is -0.385 e. The average molecular weight is 413 g/mol. The Morgan fingerprint density at radius 2 is 1.09 bits per heavy atom. The van der Waals surface area contributed by atoms with Crippen molar-refractivity contribution in [2.75, 3.05) is 0 Å². The summed E-state index contributed by atoms with van der Waals surface area (Å²) in [5, 5.41) is 0. The molecule has 0 aromatic rings. The molecule has 0 aliphatic rings. The number of hydrogen-bond acceptors (Lipinski definition) is 1. The topological polar surface area (TPSA) is 26.0 Å². The molecule has 1 nitrogen and oxygen atoms in total. The van der Waals surface area contributed by atoms with E-state index in [4.69, 9.17) is 5.73 Å². The second kappa shape index (κ2) is 27.7. The van der Waals surface area contributed by atoms with Crippen molar-refractivity contribution in [1.29, 1.82) is 0 Å². The van der Waals surface area contributed by atoms with Crippen LogP contribution in [0.1, 0.15) is 91.9 Å². The molecule has 0 unspecified atom stereocenters. The molecule has 0 spiro atoms. The number of hydrogen-bond donors (Lipinski definition) is 2. The van der Waals surface area contributed by atoms with Crippen molar-refractivity contribution in [3.63, 3.8) is 0 Å². The molecule has 2 N–H and O–H groups in total. The molecule has 136 valence electrons. The normalized spacial score (nSPS) is 9.43. The zero-order valence-electron chi connectivity index (χ0n) is 16.3. The third-order valence-electron chi connectivity index (χ3n) is 3.06. The van der Waals surface area contributed by atoms with Crippen LogP contribution < -0.4 is 5.73 Å². The first kappa shape index (κ1) is 31.6. The van der Waals surface area contributed by atoms with Gasteiger partial charge in [-0.25, -0.2) is 0 Å². The number of thiocarbonyl (C=S) groups is 1. The standard InChI is InChI=1S/2C9H19.CH3NS2.Zn/c2*1-4-5-6-7-8-9(2)3;2-1(3)4;/h2*9H,1,4-8H2,2-3H3;(H3,2,3,4);/q2*-1;;+2. The van der Waals surface area contributed by atoms with Gasteiger partial charge in [0.05, 0.1) is 0 Å². The van der Waals surface area contributed by atoms with E-state index in [1.807, 2.05) is 0 Å². The summed E-state index contributed by atoms with van der Waals surface area (Å²) >= 11 is 7.65. The maximum atomic E-state index is 4.71. The first-order valence-electron chi connectivity index (χ1n) is 8.84. The third-order valence-corrected chi connectivity index (χ3v) is 3.06. The van der Waals surface area contributed by atoms with Gasteiger partial charge in [-0.05, 0) is 11.8 Å². The minimum absolute atomic E-state index is 0. The van der Waals surface area contributed by atoms with Gasteiger partial charge in [0, 0.05) is 0 Å². The van der Waals surface area contributed by atoms with Gasteiger partial charge >= 0.3 is 19.5 Å². The van der Waals surface area contributed by atoms with Gasteiger partial charge in [-0.1, -0.05) is 91.3 Å². The number of rotatable bonds is 10. The molecule has 4 heteroatoms. The van der Waals surface area contributed by atoms with Crippen LogP contribution in [0.5, 0.6) is 0 Å². The van der Waals surface area contributed by atoms with Crippen LogP contribution in [-0.4, -0.2) is 4.32 Å². The smallest absolute Gasteiger partial charge is 0.385 e. The van der Waals surface area contributed by atoms with Crippen molar-refractivity contribution in [2.24, 2.45) is 17.6 Å². The summed E-state index contributed by atoms with van der Waals surface area (Å²) in [6.07, 6.45) is 13.2. The first-order chi connectivity index (χ1) is 10.3. The van der Waals surface area contributed by atoms with Crippen molar-refractivity contribution >= 4 is 29.2 Å². The van der Waals surface area contributed by atoms with E-state index in [9.17, 15) is 0 Å². The Bertz CT molecular complexity index is 190. The molecule has 0 aliphatic heterocycles. The largest absolute Gasteiger partial charge is 2.00 e. The Kier molecular flexibility index (Phi) is 38.1. The van der Waals surface area contributed by atoms with Gasteiger partial charge in [0.15, 0.2) is 0 Å². The number of unbranched alkanes of at least 4 members (excludes halogenated alkanes) is 6. The number of nitrogens with two attached hydrogens (primary N) is 1. The Hall–Kier alpha value is 0.863. The van der Waals surface area contributed by atoms with Crippen LogP contribution in [0.4, 0.5) is 0 Å². The molecule has 0 saturated heterocycles. The van der Waals surface area contributed by atoms with Crippen molar-refractivity contribution < 1.29 is 19.5 Å². The summed E-state index contributed by atoms with van der Waals surface area (Å²) < 4.78 is 0.194. The van der Waals surface area contributed by atoms with Crippen molar-refractivity contribution in [1.82, 2.24) is 0 Å². The zero-order valence-corrected chi connectivity index (χ0v) is 21.0. The first-order valence-corrected chi connectivity index (χ1v) is 9.70. The van der Waals surface area contributed by atoms with Crippen molar-refractivity contribution in [2.45, 2.75) is 91.9 Å². The predicted octanol–water partition coefficient (Wildman–Crippen LogP) is 7.01. The molecular formula is C19H41NS2Zn. The van der Waals surface area contributed by atoms with Crippen LogP contribution in [-0.2, 0) is 19.5 Å². The van der Waals surface area contributed by atoms with Crippen LogP contribution in [0.3, 0.4) is 0 Å². The van der Waals surface area contributed by atoms with E-state index < -0.39 is 0 Å². The molecule has 0 atom stereocenters. The van der Waals surface area contributed by atoms with Gasteiger partial charge in [-0.15, -0.1) is 12.6 Å². The minimum atomic E-state index is 0. The van der Waals surface area contributed by atoms with E-state index in [1.54, 1.807) is 0 Å². The third kappa shape index (κ3) is 60.1. The average Bonchev–Trinajstić information content (AvgIpc) is 2.39. The molecule has 0 bridgehead atoms. The Labute approximate surface area is 171 Å². The van der Waals surface area contributed by atoms with Crippen LogP contribution >= 0.6 is 24.8 Å². The fraction of sp³-hybridized carbons (Fsp3) is 0.842. The van der Waals surface area contributed by atoms with Crippen molar-refractivity contribution in [3.05, 3.63) is 13.8 Å². The van der Waals surface area contributed by atoms with Gasteiger partial charge < -0.3 is 19.6 Å². The summed E-state index contributed by atoms with van der Waals surface area (Å²) in [5.74, 6) is 1.77. The van der Waals surface area contributed by atoms with Gasteiger partial charge in [-0.2, -0.15) is 12.8 Å². The van der Waals surface area contributed by atoms with E-state index in [-0.39, 0.29) is 23.8 Å². The molecule has 0 radical (unpaired) electrons. The van der Waals surface area contributed by atoms with Gasteiger partial charge in [-0.3, -0.25) is 0 Å². The molecule has 0 heterocycles. The molecule has 0 rings (SSSR count). The predicted molar refractivity (Wildman–Crippen MR) is 112 cm³/mol. The second-order valence-corrected chi connectivity index (χ2v) is 7.76. The van der Waals surface area contributed by atoms with E-state index in [2.05, 4.69) is 66.4 Å². The number of thiol groups is 1. The molecule has 0 aliphatic carbocycles. The summed E-state index contributed by atoms with van der Waals surface area (Å²) in [6.45, 7) is 16.7. The molecule has 23 heavy (non-hydrogen) atoms. The van der Waals surface area contributed by atoms with E-state index >= 15 is 0 Å². The quantitative estimate of drug-likeness (QED) is 0.133. The van der Waals surface area contributed by atoms with Crippen LogP contribution in [0.25, 0.3) is 0 Å². The van der Waals surface area contributed by atoms with Crippen molar-refractivity contribution in [3.8, 4) is 0 Å². The Balaban J connectivity index is -0.000000124. The summed E-state index contributed by atoms with van der Waals surface area (Å²) in [7, 11) is 0. The van der Waals surface area contributed by atoms with Gasteiger partial charge in [0.1, 0.15) is 4.32 Å². The maximum Gasteiger partial charge on any atom is 2.00 e. The zero-order chi connectivity index (χ0) is 17.8. The molecule has 0 aromatic carbocycles. The van der Waals surface area contributed by atoms with E-state index in [1.165, 1.54) is 51.4 Å². The fourth-order valence-corrected chi connectivity index (χ4v) is 1.81. The SMILES string of the molecule is NC(=S)S.[CH2-]CCCCCC(C)C.[CH2-]CCCCCC(C)C.[Zn+2]. The molecule has 0 fully saturated rings. The fourth-order valence-electron chi connectivity index (χ4n) is 1.81. The molecule has 0 saturated carbocycles. The van der Waals surface area contributed by atoms with Crippen LogP contribution in [0.2, 0.25) is 0 Å². The van der Waals surface area contributed by atoms with E-state index in [0.717, 1.165) is 24.7 Å². The Morgan fingerprint density at radius 1 is 0.826 bits per heavy atom.